The molecule has 0 amide bonds. The van der Waals surface area contributed by atoms with Gasteiger partial charge in [0.05, 0.1) is 0 Å². The first-order chi connectivity index (χ1) is 7.29. The van der Waals surface area contributed by atoms with Gasteiger partial charge in [-0.2, -0.15) is 15.4 Å². The summed E-state index contributed by atoms with van der Waals surface area (Å²) in [5.74, 6) is -0.399. The molecule has 3 N–H and O–H groups in total. The third-order valence-electron chi connectivity index (χ3n) is 2.43. The Morgan fingerprint density at radius 1 is 0.867 bits per heavy atom. The summed E-state index contributed by atoms with van der Waals surface area (Å²) in [6, 6.07) is 7.16. The summed E-state index contributed by atoms with van der Waals surface area (Å²) in [5, 5.41) is 30.9. The molecule has 3 rings (SSSR count). The number of phenolic OH excluding ortho intramolecular Hbond substituents is 2. The SMILES string of the molecule is Oc1c(O)c2n[nH]nc2c2ccccc12. The van der Waals surface area contributed by atoms with Gasteiger partial charge < -0.3 is 10.2 Å². The third-order valence-corrected chi connectivity index (χ3v) is 2.43. The molecular formula is C10H7N3O2. The highest BCUT2D eigenvalue weighted by Gasteiger charge is 2.15. The molecule has 0 atom stereocenters. The second-order valence-corrected chi connectivity index (χ2v) is 3.26. The Morgan fingerprint density at radius 2 is 1.53 bits per heavy atom. The van der Waals surface area contributed by atoms with Crippen LogP contribution in [0.4, 0.5) is 0 Å². The first kappa shape index (κ1) is 8.05. The number of hydrogen-bond donors (Lipinski definition) is 3. The number of aromatic hydroxyl groups is 2. The second-order valence-electron chi connectivity index (χ2n) is 3.26. The fraction of sp³-hybridized carbons (Fsp3) is 0. The van der Waals surface area contributed by atoms with Crippen molar-refractivity contribution in [3.8, 4) is 11.5 Å². The number of rotatable bonds is 0. The average molecular weight is 201 g/mol. The minimum atomic E-state index is -0.238. The van der Waals surface area contributed by atoms with Gasteiger partial charge in [-0.05, 0) is 0 Å². The molecule has 1 aromatic heterocycles. The van der Waals surface area contributed by atoms with E-state index in [1.165, 1.54) is 0 Å². The number of nitrogens with one attached hydrogen (secondary N) is 1. The van der Waals surface area contributed by atoms with E-state index < -0.39 is 0 Å². The van der Waals surface area contributed by atoms with Crippen LogP contribution in [0.3, 0.4) is 0 Å². The summed E-state index contributed by atoms with van der Waals surface area (Å²) in [6.07, 6.45) is 0. The summed E-state index contributed by atoms with van der Waals surface area (Å²) < 4.78 is 0. The van der Waals surface area contributed by atoms with Crippen LogP contribution in [0.25, 0.3) is 21.8 Å². The normalized spacial score (nSPS) is 11.2. The Kier molecular flexibility index (Phi) is 1.39. The van der Waals surface area contributed by atoms with Crippen LogP contribution >= 0.6 is 0 Å². The summed E-state index contributed by atoms with van der Waals surface area (Å²) in [6.45, 7) is 0. The molecule has 15 heavy (non-hydrogen) atoms. The quantitative estimate of drug-likeness (QED) is 0.481. The van der Waals surface area contributed by atoms with E-state index in [0.717, 1.165) is 5.39 Å². The Bertz CT molecular complexity index is 660. The number of aromatic nitrogens is 3. The highest BCUT2D eigenvalue weighted by Crippen LogP contribution is 2.39. The molecule has 5 nitrogen and oxygen atoms in total. The van der Waals surface area contributed by atoms with Gasteiger partial charge in [-0.25, -0.2) is 0 Å². The first-order valence-electron chi connectivity index (χ1n) is 4.42. The van der Waals surface area contributed by atoms with E-state index in [9.17, 15) is 10.2 Å². The van der Waals surface area contributed by atoms with Gasteiger partial charge in [0.25, 0.3) is 0 Å². The lowest BCUT2D eigenvalue weighted by Gasteiger charge is -2.03. The number of phenols is 2. The van der Waals surface area contributed by atoms with Crippen LogP contribution in [0.2, 0.25) is 0 Å². The van der Waals surface area contributed by atoms with Gasteiger partial charge in [-0.1, -0.05) is 24.3 Å². The van der Waals surface area contributed by atoms with E-state index in [1.807, 2.05) is 12.1 Å². The van der Waals surface area contributed by atoms with Gasteiger partial charge in [-0.15, -0.1) is 0 Å². The molecule has 0 unspecified atom stereocenters. The fourth-order valence-electron chi connectivity index (χ4n) is 1.72. The van der Waals surface area contributed by atoms with E-state index in [0.29, 0.717) is 10.9 Å². The van der Waals surface area contributed by atoms with Gasteiger partial charge in [0.2, 0.25) is 0 Å². The largest absolute Gasteiger partial charge is 0.504 e. The average Bonchev–Trinajstić information content (AvgIpc) is 2.75. The van der Waals surface area contributed by atoms with Gasteiger partial charge in [0.15, 0.2) is 17.0 Å². The van der Waals surface area contributed by atoms with Crippen molar-refractivity contribution in [1.82, 2.24) is 15.4 Å². The highest BCUT2D eigenvalue weighted by molar-refractivity contribution is 6.09. The number of hydrogen-bond acceptors (Lipinski definition) is 4. The van der Waals surface area contributed by atoms with Crippen LogP contribution in [0.1, 0.15) is 0 Å². The molecule has 2 aromatic carbocycles. The zero-order valence-corrected chi connectivity index (χ0v) is 7.60. The Balaban J connectivity index is 2.70. The lowest BCUT2D eigenvalue weighted by Crippen LogP contribution is -1.79. The minimum absolute atomic E-state index is 0.160. The topological polar surface area (TPSA) is 82.0 Å². The molecule has 0 bridgehead atoms. The first-order valence-corrected chi connectivity index (χ1v) is 4.42. The summed E-state index contributed by atoms with van der Waals surface area (Å²) in [7, 11) is 0. The lowest BCUT2D eigenvalue weighted by atomic mass is 10.1. The minimum Gasteiger partial charge on any atom is -0.504 e. The van der Waals surface area contributed by atoms with E-state index in [4.69, 9.17) is 0 Å². The zero-order chi connectivity index (χ0) is 10.4. The van der Waals surface area contributed by atoms with Crippen molar-refractivity contribution in [2.45, 2.75) is 0 Å². The highest BCUT2D eigenvalue weighted by atomic mass is 16.3. The van der Waals surface area contributed by atoms with Crippen molar-refractivity contribution in [1.29, 1.82) is 0 Å². The molecular weight excluding hydrogens is 194 g/mol. The summed E-state index contributed by atoms with van der Waals surface area (Å²) in [5.41, 5.74) is 0.840. The second kappa shape index (κ2) is 2.60. The molecule has 1 heterocycles. The van der Waals surface area contributed by atoms with Crippen LogP contribution in [0, 0.1) is 0 Å². The molecule has 5 heteroatoms. The van der Waals surface area contributed by atoms with Crippen molar-refractivity contribution in [2.24, 2.45) is 0 Å². The number of aromatic amines is 1. The Labute approximate surface area is 84.0 Å². The van der Waals surface area contributed by atoms with Crippen molar-refractivity contribution in [2.75, 3.05) is 0 Å². The molecule has 0 saturated heterocycles. The molecule has 0 fully saturated rings. The smallest absolute Gasteiger partial charge is 0.188 e. The number of fused-ring (bicyclic) bond motifs is 3. The van der Waals surface area contributed by atoms with Gasteiger partial charge in [0, 0.05) is 10.8 Å². The lowest BCUT2D eigenvalue weighted by molar-refractivity contribution is 0.411. The van der Waals surface area contributed by atoms with E-state index in [-0.39, 0.29) is 17.0 Å². The summed E-state index contributed by atoms with van der Waals surface area (Å²) >= 11 is 0. The molecule has 3 aromatic rings. The van der Waals surface area contributed by atoms with Crippen molar-refractivity contribution >= 4 is 21.8 Å². The van der Waals surface area contributed by atoms with Crippen LogP contribution in [0.15, 0.2) is 24.3 Å². The van der Waals surface area contributed by atoms with Crippen LogP contribution in [-0.2, 0) is 0 Å². The van der Waals surface area contributed by atoms with Gasteiger partial charge >= 0.3 is 0 Å². The number of H-pyrrole nitrogens is 1. The van der Waals surface area contributed by atoms with Crippen molar-refractivity contribution in [3.05, 3.63) is 24.3 Å². The van der Waals surface area contributed by atoms with Crippen molar-refractivity contribution < 1.29 is 10.2 Å². The maximum atomic E-state index is 9.74. The maximum absolute atomic E-state index is 9.74. The Morgan fingerprint density at radius 3 is 2.33 bits per heavy atom. The monoisotopic (exact) mass is 201 g/mol. The van der Waals surface area contributed by atoms with E-state index >= 15 is 0 Å². The molecule has 74 valence electrons. The standard InChI is InChI=1S/C10H7N3O2/c14-9-6-4-2-1-3-5(6)7-8(10(9)15)12-13-11-7/h1-4,14-15H,(H,11,12,13). The fourth-order valence-corrected chi connectivity index (χ4v) is 1.72. The van der Waals surface area contributed by atoms with Crippen LogP contribution < -0.4 is 0 Å². The third kappa shape index (κ3) is 0.914. The Hall–Kier alpha value is -2.30. The predicted molar refractivity (Wildman–Crippen MR) is 54.7 cm³/mol. The number of nitrogens with zero attached hydrogens (tertiary/aromatic N) is 2. The van der Waals surface area contributed by atoms with E-state index in [1.54, 1.807) is 12.1 Å². The summed E-state index contributed by atoms with van der Waals surface area (Å²) in [4.78, 5) is 0. The van der Waals surface area contributed by atoms with Crippen molar-refractivity contribution in [3.63, 3.8) is 0 Å². The zero-order valence-electron chi connectivity index (χ0n) is 7.60. The molecule has 0 spiro atoms. The van der Waals surface area contributed by atoms with E-state index in [2.05, 4.69) is 15.4 Å². The molecule has 0 aliphatic rings. The molecule has 0 aliphatic carbocycles. The molecule has 0 radical (unpaired) electrons. The number of benzene rings is 2. The maximum Gasteiger partial charge on any atom is 0.188 e. The van der Waals surface area contributed by atoms with Gasteiger partial charge in [0.1, 0.15) is 5.52 Å². The van der Waals surface area contributed by atoms with Crippen LogP contribution in [-0.4, -0.2) is 25.6 Å². The van der Waals surface area contributed by atoms with Gasteiger partial charge in [-0.3, -0.25) is 0 Å². The predicted octanol–water partition coefficient (Wildman–Crippen LogP) is 1.52. The van der Waals surface area contributed by atoms with Crippen LogP contribution in [0.5, 0.6) is 11.5 Å². The molecule has 0 saturated carbocycles. The molecule has 0 aliphatic heterocycles.